The van der Waals surface area contributed by atoms with Crippen LogP contribution in [0.15, 0.2) is 59.6 Å². The zero-order chi connectivity index (χ0) is 50.4. The van der Waals surface area contributed by atoms with Crippen molar-refractivity contribution in [2.24, 2.45) is 28.1 Å². The van der Waals surface area contributed by atoms with Crippen molar-refractivity contribution in [1.29, 1.82) is 0 Å². The highest BCUT2D eigenvalue weighted by Crippen LogP contribution is 2.12. The van der Waals surface area contributed by atoms with Gasteiger partial charge in [-0.25, -0.2) is 4.79 Å². The first-order valence-electron chi connectivity index (χ1n) is 21.3. The number of nitrogens with one attached hydrogen (secondary N) is 7. The third-order valence-electron chi connectivity index (χ3n) is 10.1. The van der Waals surface area contributed by atoms with E-state index in [2.05, 4.69) is 42.2 Å². The lowest BCUT2D eigenvalue weighted by molar-refractivity contribution is -0.142. The number of nitrogens with two attached hydrogens (primary N) is 3. The minimum Gasteiger partial charge on any atom is -0.508 e. The van der Waals surface area contributed by atoms with E-state index < -0.39 is 127 Å². The summed E-state index contributed by atoms with van der Waals surface area (Å²) in [5.41, 5.74) is 17.7. The Bertz CT molecular complexity index is 2050. The number of aliphatic imine (C=N–C) groups is 1. The van der Waals surface area contributed by atoms with Gasteiger partial charge in [-0.05, 0) is 68.7 Å². The van der Waals surface area contributed by atoms with Crippen molar-refractivity contribution in [3.63, 3.8) is 0 Å². The van der Waals surface area contributed by atoms with Crippen LogP contribution in [-0.4, -0.2) is 141 Å². The van der Waals surface area contributed by atoms with E-state index in [0.29, 0.717) is 11.1 Å². The number of aromatic hydroxyl groups is 1. The first kappa shape index (κ1) is 55.8. The summed E-state index contributed by atoms with van der Waals surface area (Å²) in [6.07, 6.45) is -0.949. The number of phenolic OH excluding ortho intramolecular Hbond substituents is 1. The van der Waals surface area contributed by atoms with Gasteiger partial charge in [0.15, 0.2) is 5.96 Å². The number of hydrogen-bond acceptors (Lipinski definition) is 13. The van der Waals surface area contributed by atoms with E-state index >= 15 is 0 Å². The summed E-state index contributed by atoms with van der Waals surface area (Å²) in [7, 11) is 0. The molecule has 2 aromatic carbocycles. The molecule has 67 heavy (non-hydrogen) atoms. The molecule has 2 aromatic rings. The van der Waals surface area contributed by atoms with Crippen molar-refractivity contribution in [2.75, 3.05) is 13.2 Å². The summed E-state index contributed by atoms with van der Waals surface area (Å²) < 4.78 is 0. The number of aliphatic hydroxyl groups excluding tert-OH is 1. The highest BCUT2D eigenvalue weighted by molar-refractivity contribution is 5.97. The number of aliphatic hydroxyl groups is 1. The molecule has 17 N–H and O–H groups in total. The number of amides is 7. The average Bonchev–Trinajstić information content (AvgIpc) is 3.26. The Hall–Kier alpha value is -7.34. The lowest BCUT2D eigenvalue weighted by Crippen LogP contribution is -2.61. The zero-order valence-electron chi connectivity index (χ0n) is 37.7. The summed E-state index contributed by atoms with van der Waals surface area (Å²) >= 11 is 0. The molecular weight excluding hydrogens is 879 g/mol. The molecule has 7 amide bonds. The smallest absolute Gasteiger partial charge is 0.326 e. The van der Waals surface area contributed by atoms with Gasteiger partial charge in [0.1, 0.15) is 48.0 Å². The van der Waals surface area contributed by atoms with Gasteiger partial charge in [-0.15, -0.1) is 0 Å². The number of carboxylic acid groups (broad SMARTS) is 2. The third kappa shape index (κ3) is 20.2. The number of aliphatic carboxylic acids is 2. The summed E-state index contributed by atoms with van der Waals surface area (Å²) in [5.74, 6) is -9.65. The van der Waals surface area contributed by atoms with Gasteiger partial charge >= 0.3 is 11.9 Å². The zero-order valence-corrected chi connectivity index (χ0v) is 37.7. The van der Waals surface area contributed by atoms with Crippen LogP contribution in [-0.2, 0) is 56.0 Å². The minimum absolute atomic E-state index is 0.0111. The van der Waals surface area contributed by atoms with E-state index in [9.17, 15) is 63.6 Å². The Morgan fingerprint density at radius 1 is 0.582 bits per heavy atom. The molecule has 0 fully saturated rings. The molecule has 24 heteroatoms. The van der Waals surface area contributed by atoms with Gasteiger partial charge < -0.3 is 74.8 Å². The number of benzene rings is 2. The highest BCUT2D eigenvalue weighted by atomic mass is 16.4. The van der Waals surface area contributed by atoms with Gasteiger partial charge in [-0.3, -0.25) is 43.3 Å². The Kier molecular flexibility index (Phi) is 23.2. The van der Waals surface area contributed by atoms with Crippen molar-refractivity contribution >= 4 is 59.2 Å². The van der Waals surface area contributed by atoms with Crippen LogP contribution in [0.4, 0.5) is 0 Å². The van der Waals surface area contributed by atoms with Crippen molar-refractivity contribution in [3.05, 3.63) is 65.7 Å². The highest BCUT2D eigenvalue weighted by Gasteiger charge is 2.34. The normalized spacial score (nSPS) is 14.5. The summed E-state index contributed by atoms with van der Waals surface area (Å²) in [5, 5.41) is 55.5. The summed E-state index contributed by atoms with van der Waals surface area (Å²) in [4.78, 5) is 120. The maximum atomic E-state index is 13.8. The first-order chi connectivity index (χ1) is 31.5. The topological polar surface area (TPSA) is 409 Å². The Balaban J connectivity index is 2.17. The maximum Gasteiger partial charge on any atom is 0.326 e. The Morgan fingerprint density at radius 3 is 1.64 bits per heavy atom. The summed E-state index contributed by atoms with van der Waals surface area (Å²) in [6, 6.07) is 3.17. The fourth-order valence-corrected chi connectivity index (χ4v) is 6.21. The second-order valence-electron chi connectivity index (χ2n) is 16.0. The lowest BCUT2D eigenvalue weighted by atomic mass is 10.0. The second kappa shape index (κ2) is 27.9. The van der Waals surface area contributed by atoms with Crippen molar-refractivity contribution < 1.29 is 63.6 Å². The quantitative estimate of drug-likeness (QED) is 0.0225. The van der Waals surface area contributed by atoms with Gasteiger partial charge in [-0.2, -0.15) is 0 Å². The standard InChI is InChI=1S/C43H63N11O13/c1-22(2)34(41(65)49-23(3)35(59)51-30(42(66)67)11-8-18-47-43(45)46)54-36(60)24(4)48-39(63)31(20-25-9-6-5-7-10-25)52-40(64)32(21-55)53-38(62)29(16-17-33(57)58)50-37(61)28(44)19-26-12-14-27(56)15-13-26/h5-7,9-10,12-15,22-24,28-32,34,55-56H,8,11,16-21,44H2,1-4H3,(H,48,63)(H,49,65)(H,50,61)(H,51,59)(H,52,64)(H,53,62)(H,54,60)(H,57,58)(H,66,67)(H4,45,46,47)/t23-,24-,28-,29-,30-,31-,32-,34-/m0/s1. The summed E-state index contributed by atoms with van der Waals surface area (Å²) in [6.45, 7) is 4.95. The number of phenols is 1. The Morgan fingerprint density at radius 2 is 1.09 bits per heavy atom. The number of carbonyl (C=O) groups is 9. The molecule has 368 valence electrons. The van der Waals surface area contributed by atoms with Gasteiger partial charge in [0.2, 0.25) is 41.4 Å². The molecule has 0 aromatic heterocycles. The average molecular weight is 942 g/mol. The van der Waals surface area contributed by atoms with E-state index in [1.807, 2.05) is 0 Å². The van der Waals surface area contributed by atoms with Crippen LogP contribution in [0.5, 0.6) is 5.75 Å². The molecule has 0 saturated heterocycles. The SMILES string of the molecule is CC(C)[C@H](NC(=O)[C@H](C)NC(=O)[C@H](Cc1ccccc1)NC(=O)[C@H](CO)NC(=O)[C@H](CCC(=O)O)NC(=O)[C@@H](N)Cc1ccc(O)cc1)C(=O)N[C@@H](C)C(=O)N[C@@H](CCCN=C(N)N)C(=O)O. The monoisotopic (exact) mass is 941 g/mol. The van der Waals surface area contributed by atoms with E-state index in [4.69, 9.17) is 17.2 Å². The molecule has 0 saturated carbocycles. The predicted molar refractivity (Wildman–Crippen MR) is 241 cm³/mol. The van der Waals surface area contributed by atoms with Gasteiger partial charge in [0, 0.05) is 19.4 Å². The molecule has 0 aliphatic heterocycles. The van der Waals surface area contributed by atoms with Crippen LogP contribution < -0.4 is 54.4 Å². The van der Waals surface area contributed by atoms with Gasteiger partial charge in [0.25, 0.3) is 0 Å². The molecule has 24 nitrogen and oxygen atoms in total. The lowest BCUT2D eigenvalue weighted by Gasteiger charge is -2.27. The van der Waals surface area contributed by atoms with E-state index in [1.54, 1.807) is 44.2 Å². The molecule has 0 radical (unpaired) electrons. The van der Waals surface area contributed by atoms with Crippen LogP contribution in [0.25, 0.3) is 0 Å². The number of carboxylic acids is 2. The van der Waals surface area contributed by atoms with Crippen LogP contribution in [0.2, 0.25) is 0 Å². The molecule has 0 bridgehead atoms. The molecular formula is C43H63N11O13. The second-order valence-corrected chi connectivity index (χ2v) is 16.0. The third-order valence-corrected chi connectivity index (χ3v) is 10.1. The molecule has 0 aliphatic carbocycles. The van der Waals surface area contributed by atoms with Crippen molar-refractivity contribution in [3.8, 4) is 5.75 Å². The maximum absolute atomic E-state index is 13.8. The Labute approximate surface area is 386 Å². The number of carbonyl (C=O) groups excluding carboxylic acids is 7. The largest absolute Gasteiger partial charge is 0.508 e. The van der Waals surface area contributed by atoms with Crippen LogP contribution >= 0.6 is 0 Å². The van der Waals surface area contributed by atoms with Crippen LogP contribution in [0, 0.1) is 5.92 Å². The number of rotatable bonds is 28. The molecule has 2 rings (SSSR count). The molecule has 0 heterocycles. The molecule has 0 aliphatic rings. The van der Waals surface area contributed by atoms with Gasteiger partial charge in [-0.1, -0.05) is 56.3 Å². The van der Waals surface area contributed by atoms with E-state index in [0.717, 1.165) is 0 Å². The van der Waals surface area contributed by atoms with Crippen molar-refractivity contribution in [1.82, 2.24) is 37.2 Å². The number of guanidine groups is 1. The fraction of sp³-hybridized carbons (Fsp3) is 0.488. The number of nitrogens with zero attached hydrogens (tertiary/aromatic N) is 1. The predicted octanol–water partition coefficient (Wildman–Crippen LogP) is -3.41. The van der Waals surface area contributed by atoms with Crippen LogP contribution in [0.3, 0.4) is 0 Å². The molecule has 0 spiro atoms. The van der Waals surface area contributed by atoms with E-state index in [1.165, 1.54) is 38.1 Å². The van der Waals surface area contributed by atoms with Crippen molar-refractivity contribution in [2.45, 2.75) is 115 Å². The molecule has 0 unspecified atom stereocenters. The van der Waals surface area contributed by atoms with E-state index in [-0.39, 0.29) is 43.9 Å². The van der Waals surface area contributed by atoms with Crippen LogP contribution in [0.1, 0.15) is 64.5 Å². The fourth-order valence-electron chi connectivity index (χ4n) is 6.21. The first-order valence-corrected chi connectivity index (χ1v) is 21.3. The minimum atomic E-state index is -1.73. The number of hydrogen-bond donors (Lipinski definition) is 14. The molecule has 8 atom stereocenters. The van der Waals surface area contributed by atoms with Gasteiger partial charge in [0.05, 0.1) is 12.6 Å².